The molecule has 0 fully saturated rings. The van der Waals surface area contributed by atoms with Gasteiger partial charge >= 0.3 is 0 Å². The molecule has 6 aromatic carbocycles. The Kier molecular flexibility index (Phi) is 7.86. The highest BCUT2D eigenvalue weighted by Gasteiger charge is 2.15. The van der Waals surface area contributed by atoms with Crippen molar-refractivity contribution in [3.8, 4) is 0 Å². The lowest BCUT2D eigenvalue weighted by Gasteiger charge is -2.26. The van der Waals surface area contributed by atoms with Gasteiger partial charge in [-0.05, 0) is 145 Å². The summed E-state index contributed by atoms with van der Waals surface area (Å²) in [4.78, 5) is 4.66. The van der Waals surface area contributed by atoms with E-state index in [1.165, 1.54) is 22.3 Å². The lowest BCUT2D eigenvalue weighted by Crippen LogP contribution is -2.10. The monoisotopic (exact) mass is 594 g/mol. The second-order valence-corrected chi connectivity index (χ2v) is 12.2. The second kappa shape index (κ2) is 12.4. The summed E-state index contributed by atoms with van der Waals surface area (Å²) >= 11 is 0. The molecule has 0 aliphatic carbocycles. The van der Waals surface area contributed by atoms with Crippen LogP contribution in [0.4, 0.5) is 34.1 Å². The fourth-order valence-electron chi connectivity index (χ4n) is 5.95. The number of nitrogens with zero attached hydrogens (tertiary/aromatic N) is 2. The molecule has 0 unspecified atom stereocenters. The maximum absolute atomic E-state index is 2.33. The van der Waals surface area contributed by atoms with E-state index in [0.29, 0.717) is 0 Å². The number of aryl methyl sites for hydroxylation is 4. The van der Waals surface area contributed by atoms with Crippen LogP contribution in [0, 0.1) is 27.7 Å². The van der Waals surface area contributed by atoms with Gasteiger partial charge in [0.15, 0.2) is 0 Å². The molecule has 7 aliphatic heterocycles. The van der Waals surface area contributed by atoms with Crippen molar-refractivity contribution in [2.45, 2.75) is 27.7 Å². The lowest BCUT2D eigenvalue weighted by atomic mass is 10.1. The predicted molar refractivity (Wildman–Crippen MR) is 199 cm³/mol. The topological polar surface area (TPSA) is 6.48 Å². The molecule has 0 saturated carbocycles. The third-order valence-electron chi connectivity index (χ3n) is 9.04. The van der Waals surface area contributed by atoms with E-state index in [2.05, 4.69) is 195 Å². The Labute approximate surface area is 273 Å². The van der Waals surface area contributed by atoms with Crippen LogP contribution in [0.5, 0.6) is 0 Å². The normalized spacial score (nSPS) is 13.9. The van der Waals surface area contributed by atoms with Crippen molar-refractivity contribution < 1.29 is 0 Å². The smallest absolute Gasteiger partial charge is 0.0464 e. The first kappa shape index (κ1) is 29.1. The van der Waals surface area contributed by atoms with E-state index in [0.717, 1.165) is 56.4 Å². The average Bonchev–Trinajstić information content (AvgIpc) is 3.08. The minimum absolute atomic E-state index is 1.13. The Bertz CT molecular complexity index is 1800. The van der Waals surface area contributed by atoms with Crippen molar-refractivity contribution in [1.82, 2.24) is 0 Å². The van der Waals surface area contributed by atoms with Gasteiger partial charge in [-0.2, -0.15) is 0 Å². The van der Waals surface area contributed by atoms with Crippen molar-refractivity contribution in [2.24, 2.45) is 0 Å². The summed E-state index contributed by atoms with van der Waals surface area (Å²) in [6.45, 7) is 8.68. The molecule has 0 saturated heterocycles. The zero-order chi connectivity index (χ0) is 31.6. The van der Waals surface area contributed by atoms with Gasteiger partial charge in [-0.25, -0.2) is 0 Å². The summed E-state index contributed by atoms with van der Waals surface area (Å²) < 4.78 is 0. The largest absolute Gasteiger partial charge is 0.310 e. The zero-order valence-corrected chi connectivity index (χ0v) is 26.9. The Morgan fingerprint density at radius 3 is 0.739 bits per heavy atom. The van der Waals surface area contributed by atoms with Gasteiger partial charge in [-0.1, -0.05) is 85.0 Å². The molecule has 46 heavy (non-hydrogen) atoms. The number of anilines is 6. The fourth-order valence-corrected chi connectivity index (χ4v) is 5.95. The maximum Gasteiger partial charge on any atom is 0.0464 e. The van der Waals surface area contributed by atoms with Crippen LogP contribution in [0.25, 0.3) is 24.3 Å². The molecule has 0 N–H and O–H groups in total. The van der Waals surface area contributed by atoms with E-state index in [9.17, 15) is 0 Å². The Morgan fingerprint density at radius 1 is 0.261 bits per heavy atom. The summed E-state index contributed by atoms with van der Waals surface area (Å²) in [7, 11) is 0. The molecule has 0 radical (unpaired) electrons. The highest BCUT2D eigenvalue weighted by molar-refractivity contribution is 5.82. The summed E-state index contributed by atoms with van der Waals surface area (Å²) in [5.74, 6) is 0. The molecule has 6 aromatic rings. The van der Waals surface area contributed by atoms with Gasteiger partial charge in [-0.3, -0.25) is 0 Å². The van der Waals surface area contributed by atoms with Crippen LogP contribution in [0.15, 0.2) is 133 Å². The van der Waals surface area contributed by atoms with E-state index in [-0.39, 0.29) is 0 Å². The second-order valence-electron chi connectivity index (χ2n) is 12.2. The van der Waals surface area contributed by atoms with Crippen molar-refractivity contribution in [1.29, 1.82) is 0 Å². The van der Waals surface area contributed by atoms with Crippen molar-refractivity contribution in [3.05, 3.63) is 178 Å². The zero-order valence-electron chi connectivity index (χ0n) is 26.9. The van der Waals surface area contributed by atoms with Crippen LogP contribution in [-0.4, -0.2) is 0 Å². The van der Waals surface area contributed by atoms with E-state index in [1.54, 1.807) is 0 Å². The molecule has 13 rings (SSSR count). The van der Waals surface area contributed by atoms with Gasteiger partial charge in [0.25, 0.3) is 0 Å². The molecule has 0 atom stereocenters. The van der Waals surface area contributed by atoms with Gasteiger partial charge in [0.1, 0.15) is 0 Å². The van der Waals surface area contributed by atoms with Gasteiger partial charge in [0.2, 0.25) is 0 Å². The highest BCUT2D eigenvalue weighted by atomic mass is 15.1. The number of hydrogen-bond donors (Lipinski definition) is 0. The van der Waals surface area contributed by atoms with E-state index < -0.39 is 0 Å². The van der Waals surface area contributed by atoms with Gasteiger partial charge in [0, 0.05) is 34.1 Å². The summed E-state index contributed by atoms with van der Waals surface area (Å²) in [6, 6.07) is 48.6. The van der Waals surface area contributed by atoms with Crippen LogP contribution in [0.3, 0.4) is 0 Å². The molecule has 2 nitrogen and oxygen atoms in total. The number of benzene rings is 6. The summed E-state index contributed by atoms with van der Waals surface area (Å²) in [5.41, 5.74) is 16.6. The van der Waals surface area contributed by atoms with Gasteiger partial charge in [0.05, 0.1) is 0 Å². The third kappa shape index (κ3) is 6.03. The lowest BCUT2D eigenvalue weighted by molar-refractivity contribution is 1.25. The van der Waals surface area contributed by atoms with Crippen molar-refractivity contribution in [2.75, 3.05) is 9.80 Å². The molecule has 0 spiro atoms. The van der Waals surface area contributed by atoms with Gasteiger partial charge < -0.3 is 9.80 Å². The molecule has 0 amide bonds. The molecule has 7 aliphatic rings. The molecular formula is C44H38N2. The summed E-state index contributed by atoms with van der Waals surface area (Å²) in [6.07, 6.45) is 8.75. The average molecular weight is 595 g/mol. The van der Waals surface area contributed by atoms with E-state index in [4.69, 9.17) is 0 Å². The van der Waals surface area contributed by atoms with Crippen molar-refractivity contribution >= 4 is 58.4 Å². The van der Waals surface area contributed by atoms with E-state index in [1.807, 2.05) is 0 Å². The van der Waals surface area contributed by atoms with Gasteiger partial charge in [-0.15, -0.1) is 0 Å². The van der Waals surface area contributed by atoms with Crippen LogP contribution in [0.2, 0.25) is 0 Å². The van der Waals surface area contributed by atoms with Crippen LogP contribution in [-0.2, 0) is 0 Å². The molecule has 224 valence electrons. The SMILES string of the molecule is Cc1ccc(N2c3ccc(cc3)/C=C\c3ccc(cc3)N(c3ccc(C)c(C)c3)c3ccc(cc3)/C=C\c3ccc2cc3)cc1C. The number of hydrogen-bond acceptors (Lipinski definition) is 2. The Morgan fingerprint density at radius 2 is 0.500 bits per heavy atom. The van der Waals surface area contributed by atoms with E-state index >= 15 is 0 Å². The Balaban J connectivity index is 1.33. The van der Waals surface area contributed by atoms with Crippen molar-refractivity contribution in [3.63, 3.8) is 0 Å². The molecular weight excluding hydrogens is 556 g/mol. The first-order valence-corrected chi connectivity index (χ1v) is 15.9. The quantitative estimate of drug-likeness (QED) is 0.196. The first-order chi connectivity index (χ1) is 22.4. The van der Waals surface area contributed by atoms with Crippen LogP contribution < -0.4 is 9.80 Å². The Hall–Kier alpha value is -5.60. The van der Waals surface area contributed by atoms with Crippen LogP contribution in [0.1, 0.15) is 44.5 Å². The molecule has 0 aromatic heterocycles. The molecule has 8 bridgehead atoms. The molecule has 2 heteroatoms. The molecule has 7 heterocycles. The first-order valence-electron chi connectivity index (χ1n) is 15.9. The third-order valence-corrected chi connectivity index (χ3v) is 9.04. The highest BCUT2D eigenvalue weighted by Crippen LogP contribution is 2.38. The minimum atomic E-state index is 1.13. The fraction of sp³-hybridized carbons (Fsp3) is 0.0909. The predicted octanol–water partition coefficient (Wildman–Crippen LogP) is 12.5. The number of rotatable bonds is 2. The van der Waals surface area contributed by atoms with Crippen LogP contribution >= 0.6 is 0 Å². The minimum Gasteiger partial charge on any atom is -0.310 e. The maximum atomic E-state index is 2.33. The summed E-state index contributed by atoms with van der Waals surface area (Å²) in [5, 5.41) is 0. The standard InChI is InChI=1S/C44H38N2/c1-31-5-19-43(29-33(31)3)45-39-21-11-35(12-22-39)7-9-37-15-25-41(26-16-37)46(44-20-6-32(2)34(4)30-44)42-27-17-38(18-28-42)10-8-36-13-23-40(45)24-14-36/h5-30H,1-4H3/b9-7-,10-8-.